The van der Waals surface area contributed by atoms with E-state index >= 15 is 0 Å². The summed E-state index contributed by atoms with van der Waals surface area (Å²) in [5, 5.41) is 0. The van der Waals surface area contributed by atoms with Gasteiger partial charge in [0.1, 0.15) is 6.61 Å². The predicted molar refractivity (Wildman–Crippen MR) is 74.6 cm³/mol. The lowest BCUT2D eigenvalue weighted by atomic mass is 10.1. The number of benzene rings is 1. The number of carbonyl (C=O) groups is 2. The van der Waals surface area contributed by atoms with Gasteiger partial charge in [0.05, 0.1) is 7.11 Å². The number of hydrogen-bond acceptors (Lipinski definition) is 4. The minimum Gasteiger partial charge on any atom is -0.469 e. The summed E-state index contributed by atoms with van der Waals surface area (Å²) in [6, 6.07) is 5.80. The number of methoxy groups -OCH3 is 1. The van der Waals surface area contributed by atoms with E-state index in [0.717, 1.165) is 28.4 Å². The molecule has 19 heavy (non-hydrogen) atoms. The minimum atomic E-state index is -0.303. The molecule has 5 heteroatoms. The fourth-order valence-electron chi connectivity index (χ4n) is 1.64. The first-order valence-electron chi connectivity index (χ1n) is 6.01. The number of halogens is 1. The van der Waals surface area contributed by atoms with E-state index in [1.165, 1.54) is 14.0 Å². The molecule has 4 nitrogen and oxygen atoms in total. The first kappa shape index (κ1) is 15.7. The van der Waals surface area contributed by atoms with E-state index in [1.807, 2.05) is 18.2 Å². The van der Waals surface area contributed by atoms with Crippen molar-refractivity contribution in [2.24, 2.45) is 0 Å². The van der Waals surface area contributed by atoms with Crippen LogP contribution < -0.4 is 0 Å². The van der Waals surface area contributed by atoms with Gasteiger partial charge in [-0.15, -0.1) is 0 Å². The maximum atomic E-state index is 11.0. The summed E-state index contributed by atoms with van der Waals surface area (Å²) in [6.07, 6.45) is 1.89. The fourth-order valence-corrected chi connectivity index (χ4v) is 2.22. The molecule has 0 aromatic heterocycles. The number of ether oxygens (including phenoxy) is 2. The van der Waals surface area contributed by atoms with Crippen molar-refractivity contribution in [3.63, 3.8) is 0 Å². The van der Waals surface area contributed by atoms with Crippen molar-refractivity contribution in [2.75, 3.05) is 7.11 Å². The Kier molecular flexibility index (Phi) is 6.56. The quantitative estimate of drug-likeness (QED) is 0.753. The molecule has 1 aromatic rings. The van der Waals surface area contributed by atoms with Crippen molar-refractivity contribution in [2.45, 2.75) is 32.8 Å². The molecule has 1 rings (SSSR count). The van der Waals surface area contributed by atoms with E-state index in [-0.39, 0.29) is 18.5 Å². The molecule has 0 bridgehead atoms. The summed E-state index contributed by atoms with van der Waals surface area (Å²) in [5.41, 5.74) is 2.01. The molecule has 0 atom stereocenters. The van der Waals surface area contributed by atoms with Crippen LogP contribution >= 0.6 is 15.9 Å². The molecule has 0 saturated heterocycles. The van der Waals surface area contributed by atoms with Gasteiger partial charge in [0.15, 0.2) is 0 Å². The number of aryl methyl sites for hydroxylation is 1. The number of hydrogen-bond donors (Lipinski definition) is 0. The highest BCUT2D eigenvalue weighted by Crippen LogP contribution is 2.24. The van der Waals surface area contributed by atoms with Gasteiger partial charge in [-0.05, 0) is 18.4 Å². The highest BCUT2D eigenvalue weighted by Gasteiger charge is 2.08. The summed E-state index contributed by atoms with van der Waals surface area (Å²) >= 11 is 3.51. The van der Waals surface area contributed by atoms with Crippen molar-refractivity contribution in [3.8, 4) is 0 Å². The standard InChI is InChI=1S/C14H17BrO4/c1-10(16)19-9-12-7-3-5-11(14(12)15)6-4-8-13(17)18-2/h3,5,7H,4,6,8-9H2,1-2H3. The van der Waals surface area contributed by atoms with Crippen LogP contribution in [-0.2, 0) is 32.1 Å². The third-order valence-corrected chi connectivity index (χ3v) is 3.66. The lowest BCUT2D eigenvalue weighted by molar-refractivity contribution is -0.142. The van der Waals surface area contributed by atoms with E-state index in [4.69, 9.17) is 4.74 Å². The highest BCUT2D eigenvalue weighted by atomic mass is 79.9. The second kappa shape index (κ2) is 7.94. The van der Waals surface area contributed by atoms with Gasteiger partial charge >= 0.3 is 11.9 Å². The van der Waals surface area contributed by atoms with Crippen LogP contribution in [0.3, 0.4) is 0 Å². The molecule has 0 aliphatic carbocycles. The van der Waals surface area contributed by atoms with Gasteiger partial charge in [0, 0.05) is 23.4 Å². The zero-order chi connectivity index (χ0) is 14.3. The molecule has 0 spiro atoms. The van der Waals surface area contributed by atoms with Crippen molar-refractivity contribution in [1.29, 1.82) is 0 Å². The van der Waals surface area contributed by atoms with Crippen LogP contribution in [0.1, 0.15) is 30.9 Å². The van der Waals surface area contributed by atoms with Crippen molar-refractivity contribution < 1.29 is 19.1 Å². The summed E-state index contributed by atoms with van der Waals surface area (Å²) in [6.45, 7) is 1.63. The molecule has 0 heterocycles. The number of esters is 2. The largest absolute Gasteiger partial charge is 0.469 e. The molecular formula is C14H17BrO4. The van der Waals surface area contributed by atoms with Crippen LogP contribution in [0.2, 0.25) is 0 Å². The summed E-state index contributed by atoms with van der Waals surface area (Å²) in [7, 11) is 1.39. The molecular weight excluding hydrogens is 312 g/mol. The summed E-state index contributed by atoms with van der Waals surface area (Å²) in [5.74, 6) is -0.504. The third-order valence-electron chi connectivity index (χ3n) is 2.64. The van der Waals surface area contributed by atoms with Gasteiger partial charge in [0.2, 0.25) is 0 Å². The zero-order valence-corrected chi connectivity index (χ0v) is 12.7. The third kappa shape index (κ3) is 5.42. The molecule has 0 aliphatic rings. The molecule has 0 radical (unpaired) electrons. The summed E-state index contributed by atoms with van der Waals surface area (Å²) in [4.78, 5) is 21.8. The van der Waals surface area contributed by atoms with E-state index in [1.54, 1.807) is 0 Å². The average Bonchev–Trinajstić information content (AvgIpc) is 2.38. The van der Waals surface area contributed by atoms with Gasteiger partial charge in [-0.25, -0.2) is 0 Å². The second-order valence-electron chi connectivity index (χ2n) is 4.10. The van der Waals surface area contributed by atoms with Crippen LogP contribution in [0.15, 0.2) is 22.7 Å². The Morgan fingerprint density at radius 1 is 1.26 bits per heavy atom. The highest BCUT2D eigenvalue weighted by molar-refractivity contribution is 9.10. The van der Waals surface area contributed by atoms with Crippen LogP contribution in [0, 0.1) is 0 Å². The Hall–Kier alpha value is -1.36. The Morgan fingerprint density at radius 3 is 2.58 bits per heavy atom. The second-order valence-corrected chi connectivity index (χ2v) is 4.89. The maximum absolute atomic E-state index is 11.0. The Labute approximate surface area is 121 Å². The molecule has 0 amide bonds. The van der Waals surface area contributed by atoms with E-state index in [9.17, 15) is 9.59 Å². The predicted octanol–water partition coefficient (Wildman–Crippen LogP) is 3.01. The summed E-state index contributed by atoms with van der Waals surface area (Å²) < 4.78 is 10.5. The number of carbonyl (C=O) groups excluding carboxylic acids is 2. The van der Waals surface area contributed by atoms with Gasteiger partial charge in [-0.2, -0.15) is 0 Å². The first-order valence-corrected chi connectivity index (χ1v) is 6.80. The molecule has 0 unspecified atom stereocenters. The molecule has 0 fully saturated rings. The monoisotopic (exact) mass is 328 g/mol. The maximum Gasteiger partial charge on any atom is 0.305 e. The smallest absolute Gasteiger partial charge is 0.305 e. The Bertz CT molecular complexity index is 457. The Balaban J connectivity index is 2.61. The average molecular weight is 329 g/mol. The van der Waals surface area contributed by atoms with E-state index < -0.39 is 0 Å². The van der Waals surface area contributed by atoms with Crippen molar-refractivity contribution in [3.05, 3.63) is 33.8 Å². The molecule has 104 valence electrons. The normalized spacial score (nSPS) is 10.1. The van der Waals surface area contributed by atoms with E-state index in [2.05, 4.69) is 20.7 Å². The van der Waals surface area contributed by atoms with Gasteiger partial charge < -0.3 is 9.47 Å². The SMILES string of the molecule is COC(=O)CCCc1cccc(COC(C)=O)c1Br. The molecule has 0 aliphatic heterocycles. The van der Waals surface area contributed by atoms with Crippen molar-refractivity contribution >= 4 is 27.9 Å². The lowest BCUT2D eigenvalue weighted by Gasteiger charge is -2.09. The van der Waals surface area contributed by atoms with Crippen LogP contribution in [-0.4, -0.2) is 19.0 Å². The fraction of sp³-hybridized carbons (Fsp3) is 0.429. The van der Waals surface area contributed by atoms with Gasteiger partial charge in [0.25, 0.3) is 0 Å². The molecule has 0 N–H and O–H groups in total. The van der Waals surface area contributed by atoms with Gasteiger partial charge in [-0.3, -0.25) is 9.59 Å². The van der Waals surface area contributed by atoms with Gasteiger partial charge in [-0.1, -0.05) is 34.1 Å². The Morgan fingerprint density at radius 2 is 1.95 bits per heavy atom. The topological polar surface area (TPSA) is 52.6 Å². The van der Waals surface area contributed by atoms with Crippen LogP contribution in [0.25, 0.3) is 0 Å². The molecule has 0 saturated carbocycles. The number of rotatable bonds is 6. The molecule has 1 aromatic carbocycles. The van der Waals surface area contributed by atoms with E-state index in [0.29, 0.717) is 6.42 Å². The lowest BCUT2D eigenvalue weighted by Crippen LogP contribution is -2.02. The van der Waals surface area contributed by atoms with Crippen molar-refractivity contribution in [1.82, 2.24) is 0 Å². The van der Waals surface area contributed by atoms with Crippen LogP contribution in [0.5, 0.6) is 0 Å². The van der Waals surface area contributed by atoms with Crippen LogP contribution in [0.4, 0.5) is 0 Å². The first-order chi connectivity index (χ1) is 9.04. The minimum absolute atomic E-state index is 0.202. The zero-order valence-electron chi connectivity index (χ0n) is 11.1.